The number of thioether (sulfide) groups is 1. The number of hydrogen-bond donors (Lipinski definition) is 1. The Morgan fingerprint density at radius 3 is 2.62 bits per heavy atom. The second-order valence-electron chi connectivity index (χ2n) is 4.87. The van der Waals surface area contributed by atoms with E-state index in [9.17, 15) is 12.8 Å². The highest BCUT2D eigenvalue weighted by Gasteiger charge is 2.12. The Kier molecular flexibility index (Phi) is 8.29. The summed E-state index contributed by atoms with van der Waals surface area (Å²) in [5, 5.41) is 3.34. The van der Waals surface area contributed by atoms with Crippen molar-refractivity contribution in [3.05, 3.63) is 30.1 Å². The second-order valence-corrected chi connectivity index (χ2v) is 8.41. The van der Waals surface area contributed by atoms with Crippen LogP contribution in [0.25, 0.3) is 0 Å². The van der Waals surface area contributed by atoms with Crippen molar-refractivity contribution in [2.45, 2.75) is 37.6 Å². The summed E-state index contributed by atoms with van der Waals surface area (Å²) in [5.41, 5.74) is 0. The van der Waals surface area contributed by atoms with E-state index in [0.29, 0.717) is 11.3 Å². The van der Waals surface area contributed by atoms with Gasteiger partial charge in [-0.2, -0.15) is 0 Å². The minimum atomic E-state index is -2.90. The van der Waals surface area contributed by atoms with E-state index in [1.165, 1.54) is 17.8 Å². The van der Waals surface area contributed by atoms with Gasteiger partial charge in [-0.15, -0.1) is 11.8 Å². The molecule has 1 N–H and O–H groups in total. The number of halogens is 1. The Balaban J connectivity index is 2.45. The molecule has 0 aliphatic rings. The topological polar surface area (TPSA) is 46.2 Å². The number of benzene rings is 1. The Morgan fingerprint density at radius 2 is 2.00 bits per heavy atom. The molecule has 0 saturated heterocycles. The lowest BCUT2D eigenvalue weighted by atomic mass is 10.2. The molecule has 3 nitrogen and oxygen atoms in total. The molecule has 0 aliphatic carbocycles. The van der Waals surface area contributed by atoms with E-state index in [4.69, 9.17) is 0 Å². The van der Waals surface area contributed by atoms with Gasteiger partial charge in [0.05, 0.1) is 5.75 Å². The van der Waals surface area contributed by atoms with Gasteiger partial charge in [-0.25, -0.2) is 12.8 Å². The van der Waals surface area contributed by atoms with Crippen molar-refractivity contribution in [3.8, 4) is 0 Å². The van der Waals surface area contributed by atoms with E-state index >= 15 is 0 Å². The summed E-state index contributed by atoms with van der Waals surface area (Å²) in [6.45, 7) is 4.51. The third-order valence-corrected chi connectivity index (χ3v) is 6.22. The molecular weight excluding hydrogens is 309 g/mol. The van der Waals surface area contributed by atoms with Gasteiger partial charge in [0, 0.05) is 22.4 Å². The van der Waals surface area contributed by atoms with Gasteiger partial charge < -0.3 is 5.32 Å². The number of nitrogens with one attached hydrogen (secondary N) is 1. The summed E-state index contributed by atoms with van der Waals surface area (Å²) >= 11 is 1.47. The first-order valence-corrected chi connectivity index (χ1v) is 10.1. The molecule has 1 aromatic carbocycles. The summed E-state index contributed by atoms with van der Waals surface area (Å²) in [7, 11) is -2.90. The molecule has 6 heteroatoms. The van der Waals surface area contributed by atoms with E-state index in [1.54, 1.807) is 19.1 Å². The summed E-state index contributed by atoms with van der Waals surface area (Å²) in [5.74, 6) is 0.964. The van der Waals surface area contributed by atoms with Crippen LogP contribution in [0.4, 0.5) is 4.39 Å². The maximum Gasteiger partial charge on any atom is 0.150 e. The van der Waals surface area contributed by atoms with Crippen molar-refractivity contribution in [3.63, 3.8) is 0 Å². The zero-order valence-electron chi connectivity index (χ0n) is 12.6. The highest BCUT2D eigenvalue weighted by molar-refractivity contribution is 7.99. The SMILES string of the molecule is CCNC(CCCS(=O)(=O)CC)CSc1ccccc1F. The van der Waals surface area contributed by atoms with E-state index in [0.717, 1.165) is 18.7 Å². The lowest BCUT2D eigenvalue weighted by Gasteiger charge is -2.17. The normalized spacial score (nSPS) is 13.3. The third kappa shape index (κ3) is 7.29. The summed E-state index contributed by atoms with van der Waals surface area (Å²) in [6, 6.07) is 6.92. The molecule has 1 aromatic rings. The molecule has 0 radical (unpaired) electrons. The molecule has 21 heavy (non-hydrogen) atoms. The lowest BCUT2D eigenvalue weighted by Crippen LogP contribution is -2.31. The van der Waals surface area contributed by atoms with E-state index in [2.05, 4.69) is 5.32 Å². The first-order chi connectivity index (χ1) is 9.98. The first kappa shape index (κ1) is 18.5. The van der Waals surface area contributed by atoms with Crippen LogP contribution in [0.5, 0.6) is 0 Å². The Morgan fingerprint density at radius 1 is 1.29 bits per heavy atom. The molecule has 0 aliphatic heterocycles. The quantitative estimate of drug-likeness (QED) is 0.668. The fraction of sp³-hybridized carbons (Fsp3) is 0.600. The highest BCUT2D eigenvalue weighted by atomic mass is 32.2. The van der Waals surface area contributed by atoms with Crippen molar-refractivity contribution in [2.75, 3.05) is 23.8 Å². The van der Waals surface area contributed by atoms with Gasteiger partial charge in [-0.05, 0) is 31.5 Å². The Labute approximate surface area is 131 Å². The number of sulfone groups is 1. The van der Waals surface area contributed by atoms with Crippen LogP contribution >= 0.6 is 11.8 Å². The Bertz CT molecular complexity index is 520. The molecule has 1 atom stereocenters. The minimum Gasteiger partial charge on any atom is -0.313 e. The van der Waals surface area contributed by atoms with Crippen molar-refractivity contribution in [2.24, 2.45) is 0 Å². The van der Waals surface area contributed by atoms with Gasteiger partial charge in [0.1, 0.15) is 15.7 Å². The largest absolute Gasteiger partial charge is 0.313 e. The molecule has 0 saturated carbocycles. The number of rotatable bonds is 10. The van der Waals surface area contributed by atoms with Crippen LogP contribution in [0.3, 0.4) is 0 Å². The van der Waals surface area contributed by atoms with Crippen LogP contribution in [0.15, 0.2) is 29.2 Å². The lowest BCUT2D eigenvalue weighted by molar-refractivity contribution is 0.526. The molecule has 120 valence electrons. The van der Waals surface area contributed by atoms with Gasteiger partial charge in [-0.1, -0.05) is 26.0 Å². The molecule has 1 rings (SSSR count). The molecule has 0 fully saturated rings. The second kappa shape index (κ2) is 9.43. The van der Waals surface area contributed by atoms with E-state index in [-0.39, 0.29) is 23.4 Å². The van der Waals surface area contributed by atoms with Crippen LogP contribution in [-0.2, 0) is 9.84 Å². The Hall–Kier alpha value is -0.590. The van der Waals surface area contributed by atoms with Crippen molar-refractivity contribution >= 4 is 21.6 Å². The number of hydrogen-bond acceptors (Lipinski definition) is 4. The van der Waals surface area contributed by atoms with Crippen molar-refractivity contribution in [1.82, 2.24) is 5.32 Å². The zero-order valence-corrected chi connectivity index (χ0v) is 14.3. The maximum absolute atomic E-state index is 13.6. The van der Waals surface area contributed by atoms with Gasteiger partial charge in [0.2, 0.25) is 0 Å². The summed E-state index contributed by atoms with van der Waals surface area (Å²) < 4.78 is 36.5. The minimum absolute atomic E-state index is 0.197. The molecular formula is C15H24FNO2S2. The fourth-order valence-electron chi connectivity index (χ4n) is 1.98. The highest BCUT2D eigenvalue weighted by Crippen LogP contribution is 2.22. The van der Waals surface area contributed by atoms with E-state index in [1.807, 2.05) is 13.0 Å². The molecule has 0 spiro atoms. The van der Waals surface area contributed by atoms with Gasteiger partial charge in [-0.3, -0.25) is 0 Å². The van der Waals surface area contributed by atoms with Gasteiger partial charge >= 0.3 is 0 Å². The van der Waals surface area contributed by atoms with Crippen LogP contribution in [0.1, 0.15) is 26.7 Å². The van der Waals surface area contributed by atoms with Crippen LogP contribution in [-0.4, -0.2) is 38.3 Å². The zero-order chi connectivity index (χ0) is 15.7. The molecule has 1 unspecified atom stereocenters. The standard InChI is InChI=1S/C15H24FNO2S2/c1-3-17-13(8-7-11-21(18,19)4-2)12-20-15-10-6-5-9-14(15)16/h5-6,9-10,13,17H,3-4,7-8,11-12H2,1-2H3. The van der Waals surface area contributed by atoms with Gasteiger partial charge in [0.25, 0.3) is 0 Å². The van der Waals surface area contributed by atoms with Crippen molar-refractivity contribution in [1.29, 1.82) is 0 Å². The predicted octanol–water partition coefficient (Wildman–Crippen LogP) is 3.11. The summed E-state index contributed by atoms with van der Waals surface area (Å²) in [4.78, 5) is 0.640. The van der Waals surface area contributed by atoms with Crippen molar-refractivity contribution < 1.29 is 12.8 Å². The predicted molar refractivity (Wildman–Crippen MR) is 88.2 cm³/mol. The molecule has 0 bridgehead atoms. The maximum atomic E-state index is 13.6. The molecule has 0 amide bonds. The average Bonchev–Trinajstić information content (AvgIpc) is 2.46. The smallest absolute Gasteiger partial charge is 0.150 e. The van der Waals surface area contributed by atoms with Crippen LogP contribution in [0.2, 0.25) is 0 Å². The van der Waals surface area contributed by atoms with Gasteiger partial charge in [0.15, 0.2) is 0 Å². The monoisotopic (exact) mass is 333 g/mol. The first-order valence-electron chi connectivity index (χ1n) is 7.29. The van der Waals surface area contributed by atoms with E-state index < -0.39 is 9.84 Å². The fourth-order valence-corrected chi connectivity index (χ4v) is 3.92. The molecule has 0 heterocycles. The molecule has 0 aromatic heterocycles. The van der Waals surface area contributed by atoms with Crippen LogP contribution in [0, 0.1) is 5.82 Å². The third-order valence-electron chi connectivity index (χ3n) is 3.22. The summed E-state index contributed by atoms with van der Waals surface area (Å²) in [6.07, 6.45) is 1.43. The average molecular weight is 333 g/mol. The van der Waals surface area contributed by atoms with Crippen LogP contribution < -0.4 is 5.32 Å².